The molecule has 1 saturated carbocycles. The summed E-state index contributed by atoms with van der Waals surface area (Å²) in [5.41, 5.74) is 8.34. The summed E-state index contributed by atoms with van der Waals surface area (Å²) in [7, 11) is 0. The molecule has 2 aliphatic rings. The van der Waals surface area contributed by atoms with Crippen LogP contribution < -0.4 is 11.1 Å². The normalized spacial score (nSPS) is 17.0. The van der Waals surface area contributed by atoms with E-state index in [2.05, 4.69) is 28.3 Å². The van der Waals surface area contributed by atoms with Gasteiger partial charge in [0, 0.05) is 26.2 Å². The lowest BCUT2D eigenvalue weighted by atomic mass is 9.68. The number of anilines is 1. The smallest absolute Gasteiger partial charge is 0.193 e. The van der Waals surface area contributed by atoms with Gasteiger partial charge in [0.15, 0.2) is 5.96 Å². The number of nitrogen functional groups attached to an aromatic ring is 1. The molecule has 1 aliphatic heterocycles. The summed E-state index contributed by atoms with van der Waals surface area (Å²) in [6.07, 6.45) is 6.69. The van der Waals surface area contributed by atoms with Gasteiger partial charge in [-0.3, -0.25) is 4.99 Å². The molecule has 172 valence electrons. The van der Waals surface area contributed by atoms with Crippen molar-refractivity contribution in [2.75, 3.05) is 31.9 Å². The van der Waals surface area contributed by atoms with Gasteiger partial charge in [0.2, 0.25) is 0 Å². The third-order valence-electron chi connectivity index (χ3n) is 6.50. The fourth-order valence-corrected chi connectivity index (χ4v) is 4.61. The maximum atomic E-state index is 13.2. The topological polar surface area (TPSA) is 95.3 Å². The van der Waals surface area contributed by atoms with E-state index >= 15 is 0 Å². The molecular formula is C23H31FIN7. The van der Waals surface area contributed by atoms with Crippen LogP contribution in [0.4, 0.5) is 10.2 Å². The summed E-state index contributed by atoms with van der Waals surface area (Å²) < 4.78 is 14.7. The number of nitrogens with two attached hydrogens (primary N) is 1. The first-order chi connectivity index (χ1) is 15.0. The summed E-state index contributed by atoms with van der Waals surface area (Å²) in [5.74, 6) is 0.942. The van der Waals surface area contributed by atoms with Crippen molar-refractivity contribution in [3.05, 3.63) is 41.3 Å². The van der Waals surface area contributed by atoms with E-state index in [1.54, 1.807) is 12.1 Å². The molecule has 2 aromatic rings. The van der Waals surface area contributed by atoms with Crippen LogP contribution in [-0.4, -0.2) is 46.8 Å². The van der Waals surface area contributed by atoms with Crippen molar-refractivity contribution in [3.63, 3.8) is 0 Å². The number of rotatable bonds is 6. The van der Waals surface area contributed by atoms with Crippen molar-refractivity contribution >= 4 is 35.8 Å². The molecule has 0 amide bonds. The predicted molar refractivity (Wildman–Crippen MR) is 135 cm³/mol. The zero-order valence-electron chi connectivity index (χ0n) is 18.5. The first-order valence-electron chi connectivity index (χ1n) is 11.1. The van der Waals surface area contributed by atoms with Crippen molar-refractivity contribution in [1.29, 1.82) is 5.26 Å². The van der Waals surface area contributed by atoms with Crippen LogP contribution >= 0.6 is 24.0 Å². The zero-order valence-corrected chi connectivity index (χ0v) is 20.8. The molecule has 1 aromatic heterocycles. The minimum atomic E-state index is -0.328. The molecule has 1 aromatic carbocycles. The van der Waals surface area contributed by atoms with E-state index in [0.717, 1.165) is 32.0 Å². The SMILES string of the molecule is CCNC(=NCCCc1nn(-c2ccc(F)cc2)c(N)c1C#N)N1CCC2(CCC2)C1.I. The molecule has 2 fully saturated rings. The number of nitrogens with one attached hydrogen (secondary N) is 1. The van der Waals surface area contributed by atoms with Crippen LogP contribution in [0.3, 0.4) is 0 Å². The Labute approximate surface area is 205 Å². The highest BCUT2D eigenvalue weighted by molar-refractivity contribution is 14.0. The van der Waals surface area contributed by atoms with E-state index < -0.39 is 0 Å². The third kappa shape index (κ3) is 5.00. The first-order valence-corrected chi connectivity index (χ1v) is 11.1. The third-order valence-corrected chi connectivity index (χ3v) is 6.50. The van der Waals surface area contributed by atoms with Gasteiger partial charge < -0.3 is 16.0 Å². The molecule has 0 bridgehead atoms. The Balaban J connectivity index is 0.00000289. The minimum absolute atomic E-state index is 0. The number of hydrogen-bond acceptors (Lipinski definition) is 4. The molecule has 0 radical (unpaired) electrons. The zero-order chi connectivity index (χ0) is 21.8. The molecule has 4 rings (SSSR count). The summed E-state index contributed by atoms with van der Waals surface area (Å²) in [5, 5.41) is 17.5. The largest absolute Gasteiger partial charge is 0.382 e. The van der Waals surface area contributed by atoms with Crippen LogP contribution in [0.15, 0.2) is 29.3 Å². The van der Waals surface area contributed by atoms with Gasteiger partial charge in [-0.25, -0.2) is 9.07 Å². The number of aryl methyl sites for hydroxylation is 1. The molecule has 9 heteroatoms. The van der Waals surface area contributed by atoms with Crippen LogP contribution in [0.2, 0.25) is 0 Å². The Morgan fingerprint density at radius 2 is 2.06 bits per heavy atom. The Morgan fingerprint density at radius 1 is 1.31 bits per heavy atom. The van der Waals surface area contributed by atoms with Gasteiger partial charge in [0.1, 0.15) is 23.3 Å². The van der Waals surface area contributed by atoms with Gasteiger partial charge in [-0.15, -0.1) is 24.0 Å². The lowest BCUT2D eigenvalue weighted by Crippen LogP contribution is -2.42. The molecular weight excluding hydrogens is 520 g/mol. The minimum Gasteiger partial charge on any atom is -0.382 e. The summed E-state index contributed by atoms with van der Waals surface area (Å²) in [4.78, 5) is 7.22. The van der Waals surface area contributed by atoms with Crippen LogP contribution in [0.5, 0.6) is 0 Å². The standard InChI is InChI=1S/C23H30FN7.HI/c1-2-27-22(30-14-12-23(16-30)10-4-11-23)28-13-3-5-20-19(15-25)21(26)31(29-20)18-8-6-17(24)7-9-18;/h6-9H,2-5,10-14,16,26H2,1H3,(H,27,28);1H. The van der Waals surface area contributed by atoms with Gasteiger partial charge in [-0.2, -0.15) is 10.4 Å². The van der Waals surface area contributed by atoms with E-state index in [9.17, 15) is 9.65 Å². The fourth-order valence-electron chi connectivity index (χ4n) is 4.61. The van der Waals surface area contributed by atoms with E-state index in [1.807, 2.05) is 0 Å². The van der Waals surface area contributed by atoms with Crippen molar-refractivity contribution in [1.82, 2.24) is 20.0 Å². The number of nitriles is 1. The van der Waals surface area contributed by atoms with Crippen LogP contribution in [0.1, 0.15) is 50.3 Å². The molecule has 1 saturated heterocycles. The molecule has 7 nitrogen and oxygen atoms in total. The number of likely N-dealkylation sites (tertiary alicyclic amines) is 1. The van der Waals surface area contributed by atoms with Crippen molar-refractivity contribution in [2.24, 2.45) is 10.4 Å². The van der Waals surface area contributed by atoms with E-state index in [0.29, 0.717) is 35.3 Å². The predicted octanol–water partition coefficient (Wildman–Crippen LogP) is 3.86. The summed E-state index contributed by atoms with van der Waals surface area (Å²) >= 11 is 0. The Hall–Kier alpha value is -2.35. The molecule has 1 aliphatic carbocycles. The van der Waals surface area contributed by atoms with Crippen molar-refractivity contribution in [2.45, 2.75) is 45.4 Å². The molecule has 0 atom stereocenters. The lowest BCUT2D eigenvalue weighted by Gasteiger charge is -2.38. The molecule has 2 heterocycles. The second-order valence-electron chi connectivity index (χ2n) is 8.57. The molecule has 1 spiro atoms. The second kappa shape index (κ2) is 10.5. The monoisotopic (exact) mass is 551 g/mol. The quantitative estimate of drug-likeness (QED) is 0.246. The average molecular weight is 551 g/mol. The Morgan fingerprint density at radius 3 is 2.66 bits per heavy atom. The fraction of sp³-hybridized carbons (Fsp3) is 0.522. The average Bonchev–Trinajstić information content (AvgIpc) is 3.33. The van der Waals surface area contributed by atoms with Crippen LogP contribution in [0.25, 0.3) is 5.69 Å². The van der Waals surface area contributed by atoms with E-state index in [-0.39, 0.29) is 35.6 Å². The van der Waals surface area contributed by atoms with Crippen molar-refractivity contribution < 1.29 is 4.39 Å². The van der Waals surface area contributed by atoms with Gasteiger partial charge in [0.25, 0.3) is 0 Å². The number of hydrogen-bond donors (Lipinski definition) is 2. The lowest BCUT2D eigenvalue weighted by molar-refractivity contribution is 0.151. The number of aliphatic imine (C=N–C) groups is 1. The number of guanidine groups is 1. The number of aromatic nitrogens is 2. The Kier molecular flexibility index (Phi) is 7.98. The number of halogens is 2. The second-order valence-corrected chi connectivity index (χ2v) is 8.57. The summed E-state index contributed by atoms with van der Waals surface area (Å²) in [6, 6.07) is 8.07. The highest BCUT2D eigenvalue weighted by atomic mass is 127. The maximum absolute atomic E-state index is 13.2. The first kappa shape index (κ1) is 24.3. The van der Waals surface area contributed by atoms with Gasteiger partial charge in [-0.1, -0.05) is 6.42 Å². The van der Waals surface area contributed by atoms with Crippen LogP contribution in [-0.2, 0) is 6.42 Å². The molecule has 32 heavy (non-hydrogen) atoms. The highest BCUT2D eigenvalue weighted by Gasteiger charge is 2.43. The number of benzene rings is 1. The van der Waals surface area contributed by atoms with Crippen molar-refractivity contribution in [3.8, 4) is 11.8 Å². The van der Waals surface area contributed by atoms with Gasteiger partial charge in [-0.05, 0) is 68.7 Å². The van der Waals surface area contributed by atoms with Gasteiger partial charge in [0.05, 0.1) is 11.4 Å². The molecule has 0 unspecified atom stereocenters. The van der Waals surface area contributed by atoms with E-state index in [4.69, 9.17) is 10.7 Å². The van der Waals surface area contributed by atoms with Crippen LogP contribution in [0, 0.1) is 22.6 Å². The van der Waals surface area contributed by atoms with E-state index in [1.165, 1.54) is 42.5 Å². The molecule has 3 N–H and O–H groups in total. The highest BCUT2D eigenvalue weighted by Crippen LogP contribution is 2.47. The number of nitrogens with zero attached hydrogens (tertiary/aromatic N) is 5. The van der Waals surface area contributed by atoms with Gasteiger partial charge >= 0.3 is 0 Å². The maximum Gasteiger partial charge on any atom is 0.193 e. The summed E-state index contributed by atoms with van der Waals surface area (Å²) in [6.45, 7) is 5.77. The Bertz CT molecular complexity index is 989.